The molecule has 0 bridgehead atoms. The van der Waals surface area contributed by atoms with Gasteiger partial charge in [-0.2, -0.15) is 5.10 Å². The van der Waals surface area contributed by atoms with Gasteiger partial charge in [-0.3, -0.25) is 4.68 Å². The lowest BCUT2D eigenvalue weighted by atomic mass is 10.0. The molecule has 0 spiro atoms. The molecule has 1 atom stereocenters. The maximum atomic E-state index is 6.02. The molecule has 0 saturated heterocycles. The van der Waals surface area contributed by atoms with Gasteiger partial charge in [-0.25, -0.2) is 0 Å². The van der Waals surface area contributed by atoms with Crippen LogP contribution in [-0.4, -0.2) is 15.8 Å². The van der Waals surface area contributed by atoms with Crippen molar-refractivity contribution in [2.75, 3.05) is 0 Å². The Balaban J connectivity index is 2.15. The summed E-state index contributed by atoms with van der Waals surface area (Å²) in [7, 11) is 0. The lowest BCUT2D eigenvalue weighted by Gasteiger charge is -2.13. The zero-order chi connectivity index (χ0) is 13.7. The number of hydrogen-bond donors (Lipinski definition) is 1. The van der Waals surface area contributed by atoms with Gasteiger partial charge in [0.25, 0.3) is 0 Å². The molecule has 1 aromatic carbocycles. The normalized spacial score (nSPS) is 12.4. The van der Waals surface area contributed by atoms with Crippen molar-refractivity contribution in [3.63, 3.8) is 0 Å². The van der Waals surface area contributed by atoms with E-state index in [1.54, 1.807) is 6.20 Å². The summed E-state index contributed by atoms with van der Waals surface area (Å²) < 4.78 is 7.74. The third kappa shape index (κ3) is 3.58. The summed E-state index contributed by atoms with van der Waals surface area (Å²) in [6, 6.07) is 8.19. The van der Waals surface area contributed by atoms with E-state index in [0.29, 0.717) is 0 Å². The first-order valence-corrected chi connectivity index (χ1v) is 6.76. The Labute approximate surface area is 114 Å². The average molecular weight is 259 g/mol. The van der Waals surface area contributed by atoms with Gasteiger partial charge in [0.05, 0.1) is 12.4 Å². The van der Waals surface area contributed by atoms with Crippen molar-refractivity contribution in [3.05, 3.63) is 42.2 Å². The highest BCUT2D eigenvalue weighted by Gasteiger charge is 2.09. The number of nitrogens with two attached hydrogens (primary N) is 1. The molecule has 2 aromatic rings. The minimum atomic E-state index is 0.170. The highest BCUT2D eigenvalue weighted by atomic mass is 16.5. The van der Waals surface area contributed by atoms with Gasteiger partial charge < -0.3 is 10.5 Å². The molecule has 0 saturated carbocycles. The number of ether oxygens (including phenoxy) is 1. The van der Waals surface area contributed by atoms with Crippen molar-refractivity contribution in [3.8, 4) is 11.5 Å². The van der Waals surface area contributed by atoms with Gasteiger partial charge in [-0.1, -0.05) is 25.1 Å². The van der Waals surface area contributed by atoms with Crippen molar-refractivity contribution in [2.24, 2.45) is 5.73 Å². The van der Waals surface area contributed by atoms with E-state index in [1.165, 1.54) is 0 Å². The first-order valence-electron chi connectivity index (χ1n) is 6.76. The predicted molar refractivity (Wildman–Crippen MR) is 76.4 cm³/mol. The molecule has 0 fully saturated rings. The molecule has 0 aliphatic heterocycles. The standard InChI is InChI=1S/C15H21N3O/c1-3-13(16)9-12-7-5-6-8-15(12)19-14-10-17-18(4-2)11-14/h5-8,10-11,13H,3-4,9,16H2,1-2H3. The lowest BCUT2D eigenvalue weighted by Crippen LogP contribution is -2.21. The Morgan fingerprint density at radius 3 is 2.79 bits per heavy atom. The topological polar surface area (TPSA) is 53.1 Å². The third-order valence-electron chi connectivity index (χ3n) is 3.14. The number of para-hydroxylation sites is 1. The van der Waals surface area contributed by atoms with E-state index < -0.39 is 0 Å². The van der Waals surface area contributed by atoms with Crippen molar-refractivity contribution < 1.29 is 4.74 Å². The van der Waals surface area contributed by atoms with Gasteiger partial charge >= 0.3 is 0 Å². The van der Waals surface area contributed by atoms with Crippen LogP contribution < -0.4 is 10.5 Å². The van der Waals surface area contributed by atoms with Gasteiger partial charge in [0.15, 0.2) is 5.75 Å². The first-order chi connectivity index (χ1) is 9.22. The van der Waals surface area contributed by atoms with Gasteiger partial charge in [0.1, 0.15) is 5.75 Å². The van der Waals surface area contributed by atoms with Gasteiger partial charge in [0, 0.05) is 12.6 Å². The summed E-state index contributed by atoms with van der Waals surface area (Å²) >= 11 is 0. The first kappa shape index (κ1) is 13.6. The van der Waals surface area contributed by atoms with Crippen LogP contribution in [0.2, 0.25) is 0 Å². The van der Waals surface area contributed by atoms with Crippen LogP contribution >= 0.6 is 0 Å². The molecular weight excluding hydrogens is 238 g/mol. The minimum Gasteiger partial charge on any atom is -0.454 e. The van der Waals surface area contributed by atoms with Gasteiger partial charge in [0.2, 0.25) is 0 Å². The molecule has 2 N–H and O–H groups in total. The Bertz CT molecular complexity index is 522. The summed E-state index contributed by atoms with van der Waals surface area (Å²) in [4.78, 5) is 0. The molecular formula is C15H21N3O. The Hall–Kier alpha value is -1.81. The summed E-state index contributed by atoms with van der Waals surface area (Å²) in [5.74, 6) is 1.63. The quantitative estimate of drug-likeness (QED) is 0.867. The lowest BCUT2D eigenvalue weighted by molar-refractivity contribution is 0.471. The van der Waals surface area contributed by atoms with E-state index in [2.05, 4.69) is 18.1 Å². The minimum absolute atomic E-state index is 0.170. The van der Waals surface area contributed by atoms with Crippen LogP contribution in [0.4, 0.5) is 0 Å². The molecule has 2 rings (SSSR count). The SMILES string of the molecule is CCC(N)Cc1ccccc1Oc1cnn(CC)c1. The van der Waals surface area contributed by atoms with Crippen LogP contribution in [0.25, 0.3) is 0 Å². The van der Waals surface area contributed by atoms with Crippen LogP contribution in [0, 0.1) is 0 Å². The molecule has 19 heavy (non-hydrogen) atoms. The highest BCUT2D eigenvalue weighted by Crippen LogP contribution is 2.25. The van der Waals surface area contributed by atoms with Crippen LogP contribution in [0.1, 0.15) is 25.8 Å². The summed E-state index contributed by atoms with van der Waals surface area (Å²) in [6.45, 7) is 4.98. The van der Waals surface area contributed by atoms with Crippen molar-refractivity contribution in [1.82, 2.24) is 9.78 Å². The Morgan fingerprint density at radius 1 is 1.32 bits per heavy atom. The molecule has 1 aromatic heterocycles. The molecule has 4 nitrogen and oxygen atoms in total. The zero-order valence-electron chi connectivity index (χ0n) is 11.5. The largest absolute Gasteiger partial charge is 0.454 e. The fraction of sp³-hybridized carbons (Fsp3) is 0.400. The smallest absolute Gasteiger partial charge is 0.165 e. The number of aromatic nitrogens is 2. The Kier molecular flexibility index (Phi) is 4.58. The fourth-order valence-electron chi connectivity index (χ4n) is 1.90. The number of hydrogen-bond acceptors (Lipinski definition) is 3. The van der Waals surface area contributed by atoms with Crippen LogP contribution in [0.5, 0.6) is 11.5 Å². The maximum Gasteiger partial charge on any atom is 0.165 e. The summed E-state index contributed by atoms with van der Waals surface area (Å²) in [5, 5.41) is 4.20. The van der Waals surface area contributed by atoms with E-state index in [4.69, 9.17) is 10.5 Å². The van der Waals surface area contributed by atoms with Crippen molar-refractivity contribution in [1.29, 1.82) is 0 Å². The van der Waals surface area contributed by atoms with Crippen molar-refractivity contribution >= 4 is 0 Å². The molecule has 0 aliphatic carbocycles. The molecule has 1 heterocycles. The summed E-state index contributed by atoms with van der Waals surface area (Å²) in [6.07, 6.45) is 5.42. The molecule has 0 radical (unpaired) electrons. The Morgan fingerprint density at radius 2 is 2.11 bits per heavy atom. The number of rotatable bonds is 6. The summed E-state index contributed by atoms with van der Waals surface area (Å²) in [5.41, 5.74) is 7.16. The van der Waals surface area contributed by atoms with Crippen molar-refractivity contribution in [2.45, 2.75) is 39.3 Å². The second kappa shape index (κ2) is 6.38. The average Bonchev–Trinajstić information content (AvgIpc) is 2.88. The van der Waals surface area contributed by atoms with Crippen LogP contribution in [0.3, 0.4) is 0 Å². The maximum absolute atomic E-state index is 6.02. The molecule has 0 aliphatic rings. The van der Waals surface area contributed by atoms with Crippen LogP contribution in [0.15, 0.2) is 36.7 Å². The van der Waals surface area contributed by atoms with E-state index >= 15 is 0 Å². The van der Waals surface area contributed by atoms with Gasteiger partial charge in [-0.15, -0.1) is 0 Å². The van der Waals surface area contributed by atoms with E-state index in [9.17, 15) is 0 Å². The third-order valence-corrected chi connectivity index (χ3v) is 3.14. The number of nitrogens with zero attached hydrogens (tertiary/aromatic N) is 2. The van der Waals surface area contributed by atoms with E-state index in [-0.39, 0.29) is 6.04 Å². The fourth-order valence-corrected chi connectivity index (χ4v) is 1.90. The van der Waals surface area contributed by atoms with E-state index in [0.717, 1.165) is 36.4 Å². The molecule has 102 valence electrons. The monoisotopic (exact) mass is 259 g/mol. The molecule has 0 amide bonds. The molecule has 1 unspecified atom stereocenters. The predicted octanol–water partition coefficient (Wildman–Crippen LogP) is 2.98. The second-order valence-electron chi connectivity index (χ2n) is 4.61. The number of benzene rings is 1. The van der Waals surface area contributed by atoms with Crippen LogP contribution in [-0.2, 0) is 13.0 Å². The van der Waals surface area contributed by atoms with Gasteiger partial charge in [-0.05, 0) is 31.4 Å². The highest BCUT2D eigenvalue weighted by molar-refractivity contribution is 5.37. The number of aryl methyl sites for hydroxylation is 1. The zero-order valence-corrected chi connectivity index (χ0v) is 11.5. The van der Waals surface area contributed by atoms with E-state index in [1.807, 2.05) is 36.0 Å². The molecule has 4 heteroatoms. The second-order valence-corrected chi connectivity index (χ2v) is 4.61.